The highest BCUT2D eigenvalue weighted by atomic mass is 35.5. The van der Waals surface area contributed by atoms with Crippen LogP contribution in [-0.2, 0) is 9.59 Å². The Labute approximate surface area is 168 Å². The molecule has 144 valence electrons. The molecule has 0 spiro atoms. The van der Waals surface area contributed by atoms with Gasteiger partial charge in [-0.2, -0.15) is 0 Å². The number of aromatic nitrogens is 1. The molecule has 1 aliphatic heterocycles. The third kappa shape index (κ3) is 3.31. The molecule has 1 unspecified atom stereocenters. The van der Waals surface area contributed by atoms with Crippen LogP contribution < -0.4 is 0 Å². The molecule has 1 aliphatic carbocycles. The van der Waals surface area contributed by atoms with E-state index in [2.05, 4.69) is 4.98 Å². The number of aliphatic hydroxyl groups excluding tert-OH is 1. The second-order valence-electron chi connectivity index (χ2n) is 7.29. The average Bonchev–Trinajstić information content (AvgIpc) is 3.00. The van der Waals surface area contributed by atoms with Gasteiger partial charge in [-0.3, -0.25) is 14.6 Å². The number of ketones is 1. The number of rotatable bonds is 3. The smallest absolute Gasteiger partial charge is 0.295 e. The Morgan fingerprint density at radius 1 is 1.00 bits per heavy atom. The van der Waals surface area contributed by atoms with Crippen LogP contribution in [0.25, 0.3) is 5.76 Å². The fourth-order valence-corrected chi connectivity index (χ4v) is 4.35. The van der Waals surface area contributed by atoms with Crippen LogP contribution in [0.5, 0.6) is 0 Å². The molecule has 2 fully saturated rings. The van der Waals surface area contributed by atoms with Gasteiger partial charge in [0.15, 0.2) is 0 Å². The number of Topliss-reactive ketones (excluding diaryl/α,β-unsaturated/α-hetero) is 1. The maximum Gasteiger partial charge on any atom is 0.295 e. The van der Waals surface area contributed by atoms with Crippen molar-refractivity contribution in [3.63, 3.8) is 0 Å². The number of carbonyl (C=O) groups is 2. The lowest BCUT2D eigenvalue weighted by Gasteiger charge is -2.35. The fourth-order valence-electron chi connectivity index (χ4n) is 4.22. The van der Waals surface area contributed by atoms with Crippen LogP contribution in [0.4, 0.5) is 0 Å². The number of carbonyl (C=O) groups excluding carboxylic acids is 2. The van der Waals surface area contributed by atoms with Crippen molar-refractivity contribution in [2.24, 2.45) is 0 Å². The number of aliphatic hydroxyl groups is 1. The van der Waals surface area contributed by atoms with Crippen LogP contribution in [0, 0.1) is 0 Å². The van der Waals surface area contributed by atoms with Crippen molar-refractivity contribution in [2.45, 2.75) is 44.2 Å². The highest BCUT2D eigenvalue weighted by Crippen LogP contribution is 2.42. The Morgan fingerprint density at radius 2 is 1.64 bits per heavy atom. The summed E-state index contributed by atoms with van der Waals surface area (Å²) >= 11 is 5.94. The van der Waals surface area contributed by atoms with Crippen LogP contribution >= 0.6 is 11.6 Å². The first-order valence-corrected chi connectivity index (χ1v) is 9.91. The maximum atomic E-state index is 13.0. The summed E-state index contributed by atoms with van der Waals surface area (Å²) in [5, 5.41) is 11.5. The molecule has 5 nitrogen and oxygen atoms in total. The van der Waals surface area contributed by atoms with Crippen molar-refractivity contribution < 1.29 is 14.7 Å². The summed E-state index contributed by atoms with van der Waals surface area (Å²) in [6.45, 7) is 0. The minimum Gasteiger partial charge on any atom is -0.507 e. The highest BCUT2D eigenvalue weighted by Gasteiger charge is 2.48. The second kappa shape index (κ2) is 7.76. The van der Waals surface area contributed by atoms with Crippen molar-refractivity contribution in [3.05, 3.63) is 70.5 Å². The van der Waals surface area contributed by atoms with Gasteiger partial charge in [0.25, 0.3) is 11.7 Å². The lowest BCUT2D eigenvalue weighted by atomic mass is 9.91. The molecule has 1 aromatic carbocycles. The second-order valence-corrected chi connectivity index (χ2v) is 7.72. The number of nitrogens with zero attached hydrogens (tertiary/aromatic N) is 2. The van der Waals surface area contributed by atoms with Gasteiger partial charge in [-0.25, -0.2) is 0 Å². The van der Waals surface area contributed by atoms with Gasteiger partial charge >= 0.3 is 0 Å². The molecule has 1 amide bonds. The van der Waals surface area contributed by atoms with Gasteiger partial charge in [-0.1, -0.05) is 30.9 Å². The van der Waals surface area contributed by atoms with Crippen LogP contribution in [0.3, 0.4) is 0 Å². The molecule has 2 aromatic rings. The van der Waals surface area contributed by atoms with E-state index >= 15 is 0 Å². The van der Waals surface area contributed by atoms with E-state index in [1.165, 1.54) is 0 Å². The molecular weight excluding hydrogens is 376 g/mol. The molecule has 2 aliphatic rings. The van der Waals surface area contributed by atoms with E-state index in [1.54, 1.807) is 53.7 Å². The summed E-state index contributed by atoms with van der Waals surface area (Å²) in [5.74, 6) is -1.35. The van der Waals surface area contributed by atoms with Crippen LogP contribution in [0.1, 0.15) is 49.3 Å². The predicted molar refractivity (Wildman–Crippen MR) is 107 cm³/mol. The number of hydrogen-bond donors (Lipinski definition) is 1. The van der Waals surface area contributed by atoms with Crippen molar-refractivity contribution in [1.82, 2.24) is 9.88 Å². The molecule has 1 N–H and O–H groups in total. The highest BCUT2D eigenvalue weighted by molar-refractivity contribution is 6.46. The molecule has 2 heterocycles. The van der Waals surface area contributed by atoms with Crippen LogP contribution in [0.15, 0.2) is 54.4 Å². The molecule has 28 heavy (non-hydrogen) atoms. The van der Waals surface area contributed by atoms with E-state index in [-0.39, 0.29) is 17.4 Å². The molecule has 1 aromatic heterocycles. The zero-order valence-corrected chi connectivity index (χ0v) is 16.1. The number of amides is 1. The minimum atomic E-state index is -0.639. The maximum absolute atomic E-state index is 13.0. The van der Waals surface area contributed by atoms with Crippen molar-refractivity contribution in [3.8, 4) is 0 Å². The monoisotopic (exact) mass is 396 g/mol. The third-order valence-electron chi connectivity index (χ3n) is 5.59. The van der Waals surface area contributed by atoms with Crippen molar-refractivity contribution in [1.29, 1.82) is 0 Å². The Kier molecular flexibility index (Phi) is 5.18. The Morgan fingerprint density at radius 3 is 2.29 bits per heavy atom. The van der Waals surface area contributed by atoms with Gasteiger partial charge in [0, 0.05) is 29.0 Å². The molecule has 1 saturated carbocycles. The number of pyridine rings is 1. The van der Waals surface area contributed by atoms with E-state index in [4.69, 9.17) is 11.6 Å². The van der Waals surface area contributed by atoms with E-state index in [0.29, 0.717) is 10.6 Å². The standard InChI is InChI=1S/C22H21ClN2O3/c23-16-8-6-15(7-9-16)20(26)18-19(14-10-12-24-13-11-14)25(22(28)21(18)27)17-4-2-1-3-5-17/h6-13,17,19,26H,1-5H2/b20-18-. The summed E-state index contributed by atoms with van der Waals surface area (Å²) in [7, 11) is 0. The minimum absolute atomic E-state index is 0.00103. The summed E-state index contributed by atoms with van der Waals surface area (Å²) in [6, 6.07) is 9.57. The van der Waals surface area contributed by atoms with Gasteiger partial charge < -0.3 is 10.0 Å². The van der Waals surface area contributed by atoms with E-state index in [1.807, 2.05) is 0 Å². The molecule has 0 radical (unpaired) electrons. The summed E-state index contributed by atoms with van der Waals surface area (Å²) < 4.78 is 0. The van der Waals surface area contributed by atoms with Gasteiger partial charge in [0.2, 0.25) is 0 Å². The molecule has 0 bridgehead atoms. The van der Waals surface area contributed by atoms with Crippen molar-refractivity contribution >= 4 is 29.1 Å². The van der Waals surface area contributed by atoms with E-state index in [9.17, 15) is 14.7 Å². The first-order chi connectivity index (χ1) is 13.6. The zero-order valence-electron chi connectivity index (χ0n) is 15.3. The quantitative estimate of drug-likeness (QED) is 0.471. The molecule has 1 saturated heterocycles. The summed E-state index contributed by atoms with van der Waals surface area (Å²) in [5.41, 5.74) is 1.37. The first kappa shape index (κ1) is 18.7. The first-order valence-electron chi connectivity index (χ1n) is 9.54. The topological polar surface area (TPSA) is 70.5 Å². The Bertz CT molecular complexity index is 919. The number of likely N-dealkylation sites (tertiary alicyclic amines) is 1. The van der Waals surface area contributed by atoms with E-state index in [0.717, 1.165) is 37.7 Å². The van der Waals surface area contributed by atoms with Crippen molar-refractivity contribution in [2.75, 3.05) is 0 Å². The summed E-state index contributed by atoms with van der Waals surface area (Å²) in [4.78, 5) is 31.7. The average molecular weight is 397 g/mol. The fraction of sp³-hybridized carbons (Fsp3) is 0.318. The molecular formula is C22H21ClN2O3. The normalized spacial score (nSPS) is 22.6. The molecule has 6 heteroatoms. The Balaban J connectivity index is 1.85. The van der Waals surface area contributed by atoms with Crippen LogP contribution in [0.2, 0.25) is 5.02 Å². The number of benzene rings is 1. The predicted octanol–water partition coefficient (Wildman–Crippen LogP) is 4.49. The summed E-state index contributed by atoms with van der Waals surface area (Å²) in [6.07, 6.45) is 8.23. The van der Waals surface area contributed by atoms with Gasteiger partial charge in [0.05, 0.1) is 11.6 Å². The van der Waals surface area contributed by atoms with Crippen LogP contribution in [-0.4, -0.2) is 32.7 Å². The Hall–Kier alpha value is -2.66. The zero-order chi connectivity index (χ0) is 19.7. The number of hydrogen-bond acceptors (Lipinski definition) is 4. The molecule has 1 atom stereocenters. The van der Waals surface area contributed by atoms with E-state index < -0.39 is 17.7 Å². The van der Waals surface area contributed by atoms with Gasteiger partial charge in [-0.05, 0) is 54.8 Å². The van der Waals surface area contributed by atoms with Gasteiger partial charge in [-0.15, -0.1) is 0 Å². The lowest BCUT2D eigenvalue weighted by molar-refractivity contribution is -0.141. The number of halogens is 1. The van der Waals surface area contributed by atoms with Gasteiger partial charge in [0.1, 0.15) is 5.76 Å². The molecule has 4 rings (SSSR count). The SMILES string of the molecule is O=C1C(=O)N(C2CCCCC2)C(c2ccncc2)/C1=C(/O)c1ccc(Cl)cc1. The largest absolute Gasteiger partial charge is 0.507 e. The lowest BCUT2D eigenvalue weighted by Crippen LogP contribution is -2.40. The third-order valence-corrected chi connectivity index (χ3v) is 5.84.